The van der Waals surface area contributed by atoms with Crippen LogP contribution in [0.3, 0.4) is 0 Å². The van der Waals surface area contributed by atoms with E-state index in [1.807, 2.05) is 6.92 Å². The van der Waals surface area contributed by atoms with Gasteiger partial charge in [-0.2, -0.15) is 4.80 Å². The average molecular weight is 276 g/mol. The largest absolute Gasteiger partial charge is 0.379 e. The number of hydrogen-bond acceptors (Lipinski definition) is 5. The molecule has 3 N–H and O–H groups in total. The molecule has 0 atom stereocenters. The molecule has 100 valence electrons. The number of nitrogens with two attached hydrogens (primary N) is 1. The van der Waals surface area contributed by atoms with Gasteiger partial charge < -0.3 is 5.73 Å². The van der Waals surface area contributed by atoms with Gasteiger partial charge >= 0.3 is 0 Å². The molecular weight excluding hydrogens is 260 g/mol. The predicted octanol–water partition coefficient (Wildman–Crippen LogP) is 1.20. The first-order valence-electron chi connectivity index (χ1n) is 5.92. The molecule has 0 spiro atoms. The number of nitrogens with one attached hydrogen (secondary N) is 1. The van der Waals surface area contributed by atoms with E-state index in [2.05, 4.69) is 39.7 Å². The van der Waals surface area contributed by atoms with E-state index in [0.717, 1.165) is 17.7 Å². The van der Waals surface area contributed by atoms with E-state index < -0.39 is 0 Å². The number of benzene rings is 1. The summed E-state index contributed by atoms with van der Waals surface area (Å²) in [5.41, 5.74) is 7.67. The van der Waals surface area contributed by atoms with Crippen molar-refractivity contribution in [2.24, 2.45) is 5.73 Å². The van der Waals surface area contributed by atoms with Gasteiger partial charge in [-0.3, -0.25) is 5.41 Å². The third kappa shape index (κ3) is 4.36. The molecular formula is C12H16N6S. The number of nitrogens with zero attached hydrogens (tertiary/aromatic N) is 4. The summed E-state index contributed by atoms with van der Waals surface area (Å²) in [5, 5.41) is 19.2. The quantitative estimate of drug-likeness (QED) is 0.632. The van der Waals surface area contributed by atoms with Gasteiger partial charge in [-0.05, 0) is 29.7 Å². The second-order valence-electron chi connectivity index (χ2n) is 4.15. The fourth-order valence-electron chi connectivity index (χ4n) is 1.64. The van der Waals surface area contributed by atoms with E-state index in [-0.39, 0.29) is 5.17 Å². The molecule has 7 heteroatoms. The molecule has 1 aromatic carbocycles. The minimum atomic E-state index is 0.171. The number of amidine groups is 1. The summed E-state index contributed by atoms with van der Waals surface area (Å²) >= 11 is 1.36. The Morgan fingerprint density at radius 3 is 2.58 bits per heavy atom. The van der Waals surface area contributed by atoms with Crippen LogP contribution >= 0.6 is 11.8 Å². The van der Waals surface area contributed by atoms with Crippen molar-refractivity contribution in [2.45, 2.75) is 19.9 Å². The van der Waals surface area contributed by atoms with Gasteiger partial charge in [0, 0.05) is 5.75 Å². The van der Waals surface area contributed by atoms with Crippen LogP contribution in [0.15, 0.2) is 24.3 Å². The molecule has 6 nitrogen and oxygen atoms in total. The molecule has 2 aromatic rings. The Bertz CT molecular complexity index is 548. The molecule has 0 aliphatic carbocycles. The summed E-state index contributed by atoms with van der Waals surface area (Å²) < 4.78 is 0. The molecule has 0 aliphatic heterocycles. The fourth-order valence-corrected chi connectivity index (χ4v) is 2.20. The third-order valence-electron chi connectivity index (χ3n) is 2.55. The molecule has 0 saturated carbocycles. The topological polar surface area (TPSA) is 93.5 Å². The van der Waals surface area contributed by atoms with Crippen LogP contribution in [-0.4, -0.2) is 31.1 Å². The molecule has 1 heterocycles. The molecule has 0 saturated heterocycles. The van der Waals surface area contributed by atoms with E-state index in [1.165, 1.54) is 17.3 Å². The van der Waals surface area contributed by atoms with E-state index in [9.17, 15) is 0 Å². The molecule has 0 amide bonds. The van der Waals surface area contributed by atoms with Gasteiger partial charge in [0.2, 0.25) is 0 Å². The standard InChI is InChI=1S/C12H16N6S/c1-9-15-17-18(16-9)8-11-4-2-10(3-5-11)6-7-19-12(13)14/h2-5H,6-8H2,1H3,(H3,13,14). The highest BCUT2D eigenvalue weighted by molar-refractivity contribution is 8.13. The van der Waals surface area contributed by atoms with E-state index in [0.29, 0.717) is 12.4 Å². The van der Waals surface area contributed by atoms with Gasteiger partial charge in [-0.25, -0.2) is 0 Å². The Hall–Kier alpha value is -1.89. The van der Waals surface area contributed by atoms with Crippen molar-refractivity contribution in [1.29, 1.82) is 5.41 Å². The Labute approximate surface area is 115 Å². The zero-order valence-electron chi connectivity index (χ0n) is 10.7. The normalized spacial score (nSPS) is 10.6. The SMILES string of the molecule is Cc1nnn(Cc2ccc(CCSC(=N)N)cc2)n1. The van der Waals surface area contributed by atoms with Crippen LogP contribution in [0.2, 0.25) is 0 Å². The van der Waals surface area contributed by atoms with Crippen LogP contribution in [0.4, 0.5) is 0 Å². The van der Waals surface area contributed by atoms with Crippen LogP contribution in [-0.2, 0) is 13.0 Å². The zero-order chi connectivity index (χ0) is 13.7. The minimum absolute atomic E-state index is 0.171. The van der Waals surface area contributed by atoms with Crippen LogP contribution in [0, 0.1) is 12.3 Å². The lowest BCUT2D eigenvalue weighted by Gasteiger charge is -2.03. The summed E-state index contributed by atoms with van der Waals surface area (Å²) in [4.78, 5) is 1.58. The first kappa shape index (κ1) is 13.5. The highest BCUT2D eigenvalue weighted by Gasteiger charge is 2.00. The van der Waals surface area contributed by atoms with Crippen molar-refractivity contribution in [3.63, 3.8) is 0 Å². The highest BCUT2D eigenvalue weighted by Crippen LogP contribution is 2.09. The molecule has 0 fully saturated rings. The summed E-state index contributed by atoms with van der Waals surface area (Å²) in [7, 11) is 0. The van der Waals surface area contributed by atoms with Gasteiger partial charge in [0.05, 0.1) is 6.54 Å². The van der Waals surface area contributed by atoms with Gasteiger partial charge in [0.25, 0.3) is 0 Å². The Morgan fingerprint density at radius 1 is 1.32 bits per heavy atom. The van der Waals surface area contributed by atoms with E-state index in [4.69, 9.17) is 11.1 Å². The second-order valence-corrected chi connectivity index (χ2v) is 5.28. The van der Waals surface area contributed by atoms with Crippen LogP contribution < -0.4 is 5.73 Å². The van der Waals surface area contributed by atoms with Crippen molar-refractivity contribution in [1.82, 2.24) is 20.2 Å². The number of rotatable bonds is 5. The minimum Gasteiger partial charge on any atom is -0.379 e. The summed E-state index contributed by atoms with van der Waals surface area (Å²) in [6.45, 7) is 2.45. The van der Waals surface area contributed by atoms with E-state index >= 15 is 0 Å². The monoisotopic (exact) mass is 276 g/mol. The lowest BCUT2D eigenvalue weighted by molar-refractivity contribution is 0.571. The summed E-state index contributed by atoms with van der Waals surface area (Å²) in [5.74, 6) is 1.51. The summed E-state index contributed by atoms with van der Waals surface area (Å²) in [6, 6.07) is 8.29. The first-order valence-corrected chi connectivity index (χ1v) is 6.91. The smallest absolute Gasteiger partial charge is 0.171 e. The van der Waals surface area contributed by atoms with Crippen LogP contribution in [0.5, 0.6) is 0 Å². The third-order valence-corrected chi connectivity index (χ3v) is 3.27. The van der Waals surface area contributed by atoms with Gasteiger partial charge in [0.15, 0.2) is 11.0 Å². The summed E-state index contributed by atoms with van der Waals surface area (Å²) in [6.07, 6.45) is 0.908. The van der Waals surface area contributed by atoms with Gasteiger partial charge in [-0.15, -0.1) is 10.2 Å². The number of aromatic nitrogens is 4. The molecule has 0 radical (unpaired) electrons. The molecule has 19 heavy (non-hydrogen) atoms. The van der Waals surface area contributed by atoms with Crippen LogP contribution in [0.25, 0.3) is 0 Å². The Balaban J connectivity index is 1.89. The lowest BCUT2D eigenvalue weighted by atomic mass is 10.1. The molecule has 1 aromatic heterocycles. The maximum Gasteiger partial charge on any atom is 0.171 e. The highest BCUT2D eigenvalue weighted by atomic mass is 32.2. The first-order chi connectivity index (χ1) is 9.13. The Morgan fingerprint density at radius 2 is 2.00 bits per heavy atom. The fraction of sp³-hybridized carbons (Fsp3) is 0.333. The van der Waals surface area contributed by atoms with Crippen LogP contribution in [0.1, 0.15) is 17.0 Å². The number of thioether (sulfide) groups is 1. The number of hydrogen-bond donors (Lipinski definition) is 2. The van der Waals surface area contributed by atoms with Crippen molar-refractivity contribution >= 4 is 16.9 Å². The van der Waals surface area contributed by atoms with Gasteiger partial charge in [0.1, 0.15) is 0 Å². The predicted molar refractivity (Wildman–Crippen MR) is 76.2 cm³/mol. The number of aryl methyl sites for hydroxylation is 2. The van der Waals surface area contributed by atoms with Crippen molar-refractivity contribution in [2.75, 3.05) is 5.75 Å². The Kier molecular flexibility index (Phi) is 4.51. The zero-order valence-corrected chi connectivity index (χ0v) is 11.5. The lowest BCUT2D eigenvalue weighted by Crippen LogP contribution is -2.06. The van der Waals surface area contributed by atoms with Crippen molar-refractivity contribution < 1.29 is 0 Å². The maximum atomic E-state index is 7.14. The number of tetrazole rings is 1. The maximum absolute atomic E-state index is 7.14. The van der Waals surface area contributed by atoms with Crippen molar-refractivity contribution in [3.8, 4) is 0 Å². The molecule has 0 bridgehead atoms. The van der Waals surface area contributed by atoms with Crippen molar-refractivity contribution in [3.05, 3.63) is 41.2 Å². The molecule has 2 rings (SSSR count). The van der Waals surface area contributed by atoms with Gasteiger partial charge in [-0.1, -0.05) is 36.0 Å². The molecule has 0 aliphatic rings. The second kappa shape index (κ2) is 6.33. The average Bonchev–Trinajstić information content (AvgIpc) is 2.77. The molecule has 0 unspecified atom stereocenters. The van der Waals surface area contributed by atoms with E-state index in [1.54, 1.807) is 4.80 Å².